The molecule has 1 aliphatic carbocycles. The molecule has 164 valence electrons. The summed E-state index contributed by atoms with van der Waals surface area (Å²) >= 11 is 0. The molecule has 5 nitrogen and oxygen atoms in total. The molecular weight excluding hydrogens is 419 g/mol. The second-order valence-corrected chi connectivity index (χ2v) is 7.39. The zero-order valence-electron chi connectivity index (χ0n) is 17.2. The lowest BCUT2D eigenvalue weighted by Gasteiger charge is -2.16. The van der Waals surface area contributed by atoms with Gasteiger partial charge in [-0.25, -0.2) is 9.78 Å². The van der Waals surface area contributed by atoms with Crippen LogP contribution >= 0.6 is 0 Å². The molecule has 0 fully saturated rings. The van der Waals surface area contributed by atoms with E-state index in [1.54, 1.807) is 12.1 Å². The summed E-state index contributed by atoms with van der Waals surface area (Å²) < 4.78 is 43.7. The first kappa shape index (κ1) is 21.4. The van der Waals surface area contributed by atoms with Crippen molar-refractivity contribution in [1.29, 1.82) is 0 Å². The normalized spacial score (nSPS) is 13.1. The minimum absolute atomic E-state index is 0.237. The molecule has 0 saturated heterocycles. The first-order valence-corrected chi connectivity index (χ1v) is 9.97. The van der Waals surface area contributed by atoms with Crippen LogP contribution in [-0.2, 0) is 12.6 Å². The molecule has 0 bridgehead atoms. The van der Waals surface area contributed by atoms with Crippen molar-refractivity contribution in [1.82, 2.24) is 4.98 Å². The molecule has 0 radical (unpaired) electrons. The van der Waals surface area contributed by atoms with E-state index in [0.29, 0.717) is 17.3 Å². The van der Waals surface area contributed by atoms with E-state index in [2.05, 4.69) is 28.6 Å². The number of nitrogens with zero attached hydrogens (tertiary/aromatic N) is 1. The Balaban J connectivity index is 1.35. The van der Waals surface area contributed by atoms with Gasteiger partial charge in [0.1, 0.15) is 5.75 Å². The van der Waals surface area contributed by atoms with Crippen molar-refractivity contribution in [2.24, 2.45) is 0 Å². The summed E-state index contributed by atoms with van der Waals surface area (Å²) in [5.41, 5.74) is 3.60. The number of hydrogen-bond donors (Lipinski definition) is 2. The standard InChI is InChI=1S/C24H20F3N3O2/c1-15-3-2-4-16-13-20(10-11-21(15)16)32-22-12-9-19(14-28-22)30-23(31)29-18-7-5-17(6-8-18)24(25,26)27/h3,5-14H,2,4H2,1H3,(H2,29,30,31). The van der Waals surface area contributed by atoms with Gasteiger partial charge in [0, 0.05) is 11.8 Å². The minimum atomic E-state index is -4.43. The average Bonchev–Trinajstić information content (AvgIpc) is 2.75. The Hall–Kier alpha value is -3.81. The number of alkyl halides is 3. The number of carbonyl (C=O) groups excluding carboxylic acids is 1. The summed E-state index contributed by atoms with van der Waals surface area (Å²) in [5.74, 6) is 1.06. The highest BCUT2D eigenvalue weighted by Gasteiger charge is 2.30. The van der Waals surface area contributed by atoms with Gasteiger partial charge in [0.25, 0.3) is 0 Å². The van der Waals surface area contributed by atoms with Gasteiger partial charge < -0.3 is 15.4 Å². The van der Waals surface area contributed by atoms with Crippen LogP contribution in [0.2, 0.25) is 0 Å². The number of ether oxygens (including phenoxy) is 1. The van der Waals surface area contributed by atoms with Crippen LogP contribution in [0.15, 0.2) is 66.9 Å². The highest BCUT2D eigenvalue weighted by molar-refractivity contribution is 5.99. The summed E-state index contributed by atoms with van der Waals surface area (Å²) in [6.45, 7) is 2.10. The van der Waals surface area contributed by atoms with Crippen LogP contribution in [0.5, 0.6) is 11.6 Å². The molecule has 0 unspecified atom stereocenters. The van der Waals surface area contributed by atoms with Crippen LogP contribution in [0, 0.1) is 0 Å². The van der Waals surface area contributed by atoms with Crippen LogP contribution in [0.3, 0.4) is 0 Å². The van der Waals surface area contributed by atoms with E-state index in [1.165, 1.54) is 35.0 Å². The fourth-order valence-corrected chi connectivity index (χ4v) is 3.45. The summed E-state index contributed by atoms with van der Waals surface area (Å²) in [6, 6.07) is 12.8. The molecular formula is C24H20F3N3O2. The van der Waals surface area contributed by atoms with Crippen LogP contribution in [0.1, 0.15) is 30.0 Å². The highest BCUT2D eigenvalue weighted by atomic mass is 19.4. The SMILES string of the molecule is CC1=CCCc2cc(Oc3ccc(NC(=O)Nc4ccc(C(F)(F)F)cc4)cn3)ccc21. The number of benzene rings is 2. The molecule has 0 aliphatic heterocycles. The van der Waals surface area contributed by atoms with Gasteiger partial charge in [-0.1, -0.05) is 12.1 Å². The highest BCUT2D eigenvalue weighted by Crippen LogP contribution is 2.31. The van der Waals surface area contributed by atoms with E-state index in [-0.39, 0.29) is 5.69 Å². The van der Waals surface area contributed by atoms with Gasteiger partial charge in [-0.3, -0.25) is 0 Å². The number of aromatic nitrogens is 1. The Morgan fingerprint density at radius 1 is 1.00 bits per heavy atom. The molecule has 1 aliphatic rings. The molecule has 8 heteroatoms. The third-order valence-electron chi connectivity index (χ3n) is 5.05. The molecule has 0 saturated carbocycles. The molecule has 2 amide bonds. The van der Waals surface area contributed by atoms with E-state index in [9.17, 15) is 18.0 Å². The zero-order chi connectivity index (χ0) is 22.7. The lowest BCUT2D eigenvalue weighted by Crippen LogP contribution is -2.19. The molecule has 3 aromatic rings. The Kier molecular flexibility index (Phi) is 5.85. The number of allylic oxidation sites excluding steroid dienone is 2. The molecule has 32 heavy (non-hydrogen) atoms. The smallest absolute Gasteiger partial charge is 0.416 e. The van der Waals surface area contributed by atoms with E-state index in [4.69, 9.17) is 4.74 Å². The van der Waals surface area contributed by atoms with E-state index >= 15 is 0 Å². The first-order chi connectivity index (χ1) is 15.3. The van der Waals surface area contributed by atoms with Crippen molar-refractivity contribution >= 4 is 23.0 Å². The fourth-order valence-electron chi connectivity index (χ4n) is 3.45. The number of aryl methyl sites for hydroxylation is 1. The zero-order valence-corrected chi connectivity index (χ0v) is 17.2. The largest absolute Gasteiger partial charge is 0.439 e. The summed E-state index contributed by atoms with van der Waals surface area (Å²) in [6.07, 6.45) is 1.21. The number of fused-ring (bicyclic) bond motifs is 1. The number of nitrogens with one attached hydrogen (secondary N) is 2. The van der Waals surface area contributed by atoms with Gasteiger partial charge in [-0.2, -0.15) is 13.2 Å². The summed E-state index contributed by atoms with van der Waals surface area (Å²) in [7, 11) is 0. The Morgan fingerprint density at radius 3 is 2.41 bits per heavy atom. The number of rotatable bonds is 4. The minimum Gasteiger partial charge on any atom is -0.439 e. The maximum absolute atomic E-state index is 12.6. The van der Waals surface area contributed by atoms with Gasteiger partial charge in [-0.15, -0.1) is 0 Å². The number of urea groups is 1. The monoisotopic (exact) mass is 439 g/mol. The molecule has 1 heterocycles. The van der Waals surface area contributed by atoms with Crippen molar-refractivity contribution in [3.8, 4) is 11.6 Å². The second kappa shape index (κ2) is 8.74. The van der Waals surface area contributed by atoms with E-state index in [1.807, 2.05) is 18.2 Å². The predicted octanol–water partition coefficient (Wildman–Crippen LogP) is 6.89. The topological polar surface area (TPSA) is 63.2 Å². The molecule has 1 aromatic heterocycles. The second-order valence-electron chi connectivity index (χ2n) is 7.39. The van der Waals surface area contributed by atoms with Crippen molar-refractivity contribution in [2.75, 3.05) is 10.6 Å². The number of anilines is 2. The Labute approximate surface area is 182 Å². The van der Waals surface area contributed by atoms with E-state index in [0.717, 1.165) is 25.0 Å². The van der Waals surface area contributed by atoms with Gasteiger partial charge in [0.15, 0.2) is 0 Å². The van der Waals surface area contributed by atoms with Crippen molar-refractivity contribution in [3.05, 3.63) is 83.6 Å². The lowest BCUT2D eigenvalue weighted by molar-refractivity contribution is -0.137. The third kappa shape index (κ3) is 5.08. The molecule has 2 aromatic carbocycles. The Morgan fingerprint density at radius 2 is 1.72 bits per heavy atom. The number of hydrogen-bond acceptors (Lipinski definition) is 3. The average molecular weight is 439 g/mol. The fraction of sp³-hybridized carbons (Fsp3) is 0.167. The third-order valence-corrected chi connectivity index (χ3v) is 5.05. The van der Waals surface area contributed by atoms with Gasteiger partial charge >= 0.3 is 12.2 Å². The van der Waals surface area contributed by atoms with Gasteiger partial charge in [0.2, 0.25) is 5.88 Å². The van der Waals surface area contributed by atoms with Crippen LogP contribution in [0.25, 0.3) is 5.57 Å². The summed E-state index contributed by atoms with van der Waals surface area (Å²) in [4.78, 5) is 16.3. The summed E-state index contributed by atoms with van der Waals surface area (Å²) in [5, 5.41) is 5.05. The number of halogens is 3. The predicted molar refractivity (Wildman–Crippen MR) is 117 cm³/mol. The Bertz CT molecular complexity index is 1150. The van der Waals surface area contributed by atoms with Crippen molar-refractivity contribution < 1.29 is 22.7 Å². The van der Waals surface area contributed by atoms with Gasteiger partial charge in [-0.05, 0) is 78.9 Å². The molecule has 0 atom stereocenters. The molecule has 4 rings (SSSR count). The quantitative estimate of drug-likeness (QED) is 0.465. The van der Waals surface area contributed by atoms with Crippen LogP contribution < -0.4 is 15.4 Å². The van der Waals surface area contributed by atoms with Gasteiger partial charge in [0.05, 0.1) is 17.4 Å². The van der Waals surface area contributed by atoms with Crippen molar-refractivity contribution in [2.45, 2.75) is 25.9 Å². The lowest BCUT2D eigenvalue weighted by atomic mass is 9.92. The molecule has 2 N–H and O–H groups in total. The van der Waals surface area contributed by atoms with Crippen LogP contribution in [0.4, 0.5) is 29.3 Å². The number of amides is 2. The maximum Gasteiger partial charge on any atom is 0.416 e. The van der Waals surface area contributed by atoms with Crippen molar-refractivity contribution in [3.63, 3.8) is 0 Å². The number of pyridine rings is 1. The first-order valence-electron chi connectivity index (χ1n) is 9.97. The van der Waals surface area contributed by atoms with E-state index < -0.39 is 17.8 Å². The maximum atomic E-state index is 12.6. The van der Waals surface area contributed by atoms with Crippen LogP contribution in [-0.4, -0.2) is 11.0 Å². The molecule has 0 spiro atoms. The number of carbonyl (C=O) groups is 1.